The number of ether oxygens (including phenoxy) is 1. The molecule has 2 unspecified atom stereocenters. The number of carbonyl (C=O) groups excluding carboxylic acids is 2. The number of Topliss-reactive ketones (excluding diaryl/α,β-unsaturated/α-hetero) is 1. The minimum absolute atomic E-state index is 0.0411. The van der Waals surface area contributed by atoms with Crippen molar-refractivity contribution in [1.29, 1.82) is 0 Å². The number of nitrogens with zero attached hydrogens (tertiary/aromatic N) is 1. The number of rotatable bonds is 4. The van der Waals surface area contributed by atoms with Crippen molar-refractivity contribution in [3.05, 3.63) is 71.8 Å². The van der Waals surface area contributed by atoms with Gasteiger partial charge in [-0.3, -0.25) is 4.79 Å². The lowest BCUT2D eigenvalue weighted by Crippen LogP contribution is -2.45. The van der Waals surface area contributed by atoms with Crippen LogP contribution in [0.25, 0.3) is 0 Å². The van der Waals surface area contributed by atoms with E-state index in [2.05, 4.69) is 0 Å². The van der Waals surface area contributed by atoms with E-state index in [1.807, 2.05) is 67.6 Å². The van der Waals surface area contributed by atoms with Crippen LogP contribution in [0.15, 0.2) is 60.7 Å². The first-order chi connectivity index (χ1) is 12.1. The molecule has 0 N–H and O–H groups in total. The lowest BCUT2D eigenvalue weighted by Gasteiger charge is -2.35. The van der Waals surface area contributed by atoms with Crippen molar-refractivity contribution in [3.63, 3.8) is 0 Å². The molecule has 0 aliphatic carbocycles. The molecule has 1 heterocycles. The summed E-state index contributed by atoms with van der Waals surface area (Å²) in [6.07, 6.45) is 0.372. The molecule has 0 aromatic heterocycles. The summed E-state index contributed by atoms with van der Waals surface area (Å²) in [6, 6.07) is 19.0. The summed E-state index contributed by atoms with van der Waals surface area (Å²) in [7, 11) is 0. The summed E-state index contributed by atoms with van der Waals surface area (Å²) in [5.74, 6) is 0.247. The van der Waals surface area contributed by atoms with E-state index in [0.717, 1.165) is 11.1 Å². The van der Waals surface area contributed by atoms with E-state index in [9.17, 15) is 9.59 Å². The third-order valence-corrected chi connectivity index (χ3v) is 4.76. The van der Waals surface area contributed by atoms with Crippen molar-refractivity contribution in [2.24, 2.45) is 11.8 Å². The van der Waals surface area contributed by atoms with E-state index >= 15 is 0 Å². The largest absolute Gasteiger partial charge is 0.445 e. The van der Waals surface area contributed by atoms with Crippen molar-refractivity contribution in [1.82, 2.24) is 4.90 Å². The van der Waals surface area contributed by atoms with Gasteiger partial charge in [0.15, 0.2) is 5.78 Å². The van der Waals surface area contributed by atoms with Crippen LogP contribution < -0.4 is 0 Å². The second-order valence-corrected chi connectivity index (χ2v) is 6.59. The highest BCUT2D eigenvalue weighted by Gasteiger charge is 2.34. The SMILES string of the molecule is CC1CN(C(=O)OCc2ccccc2)CCC1C(=O)c1ccccc1. The second-order valence-electron chi connectivity index (χ2n) is 6.59. The van der Waals surface area contributed by atoms with Gasteiger partial charge >= 0.3 is 6.09 Å². The first-order valence-corrected chi connectivity index (χ1v) is 8.70. The fraction of sp³-hybridized carbons (Fsp3) is 0.333. The molecule has 1 saturated heterocycles. The van der Waals surface area contributed by atoms with Crippen LogP contribution in [0.2, 0.25) is 0 Å². The lowest BCUT2D eigenvalue weighted by molar-refractivity contribution is 0.0582. The number of ketones is 1. The molecule has 1 aliphatic rings. The molecule has 2 atom stereocenters. The molecule has 3 rings (SSSR count). The molecule has 1 aliphatic heterocycles. The third-order valence-electron chi connectivity index (χ3n) is 4.76. The van der Waals surface area contributed by atoms with Crippen LogP contribution >= 0.6 is 0 Å². The van der Waals surface area contributed by atoms with Crippen LogP contribution in [0.1, 0.15) is 29.3 Å². The zero-order valence-corrected chi connectivity index (χ0v) is 14.4. The summed E-state index contributed by atoms with van der Waals surface area (Å²) in [6.45, 7) is 3.41. The fourth-order valence-corrected chi connectivity index (χ4v) is 3.33. The Labute approximate surface area is 148 Å². The Balaban J connectivity index is 1.54. The number of amides is 1. The summed E-state index contributed by atoms with van der Waals surface area (Å²) in [5, 5.41) is 0. The Kier molecular flexibility index (Phi) is 5.49. The number of hydrogen-bond donors (Lipinski definition) is 0. The van der Waals surface area contributed by atoms with Crippen LogP contribution in [-0.4, -0.2) is 29.9 Å². The van der Waals surface area contributed by atoms with Gasteiger partial charge in [0.25, 0.3) is 0 Å². The average molecular weight is 337 g/mol. The monoisotopic (exact) mass is 337 g/mol. The quantitative estimate of drug-likeness (QED) is 0.787. The smallest absolute Gasteiger partial charge is 0.410 e. The van der Waals surface area contributed by atoms with Crippen LogP contribution in [0.4, 0.5) is 4.79 Å². The van der Waals surface area contributed by atoms with Gasteiger partial charge in [-0.1, -0.05) is 67.6 Å². The van der Waals surface area contributed by atoms with Crippen molar-refractivity contribution in [2.45, 2.75) is 20.0 Å². The molecule has 25 heavy (non-hydrogen) atoms. The van der Waals surface area contributed by atoms with E-state index in [1.165, 1.54) is 0 Å². The van der Waals surface area contributed by atoms with Gasteiger partial charge < -0.3 is 9.64 Å². The molecule has 1 fully saturated rings. The summed E-state index contributed by atoms with van der Waals surface area (Å²) < 4.78 is 5.40. The standard InChI is InChI=1S/C21H23NO3/c1-16-14-22(21(24)25-15-17-8-4-2-5-9-17)13-12-19(16)20(23)18-10-6-3-7-11-18/h2-11,16,19H,12-15H2,1H3. The van der Waals surface area contributed by atoms with E-state index < -0.39 is 0 Å². The molecule has 2 aromatic carbocycles. The molecule has 1 amide bonds. The molecule has 4 nitrogen and oxygen atoms in total. The average Bonchev–Trinajstić information content (AvgIpc) is 2.67. The zero-order valence-electron chi connectivity index (χ0n) is 14.4. The lowest BCUT2D eigenvalue weighted by atomic mass is 9.81. The highest BCUT2D eigenvalue weighted by Crippen LogP contribution is 2.27. The first kappa shape index (κ1) is 17.2. The number of carbonyl (C=O) groups is 2. The van der Waals surface area contributed by atoms with Gasteiger partial charge in [0.05, 0.1) is 0 Å². The summed E-state index contributed by atoms with van der Waals surface area (Å²) in [5.41, 5.74) is 1.72. The molecule has 0 saturated carbocycles. The normalized spacial score (nSPS) is 20.1. The highest BCUT2D eigenvalue weighted by molar-refractivity contribution is 5.98. The van der Waals surface area contributed by atoms with Gasteiger partial charge in [-0.25, -0.2) is 4.79 Å². The predicted molar refractivity (Wildman–Crippen MR) is 96.2 cm³/mol. The van der Waals surface area contributed by atoms with Crippen molar-refractivity contribution >= 4 is 11.9 Å². The second kappa shape index (κ2) is 7.97. The molecule has 0 spiro atoms. The molecule has 130 valence electrons. The molecule has 0 radical (unpaired) electrons. The van der Waals surface area contributed by atoms with Gasteiger partial charge in [0.1, 0.15) is 6.61 Å². The fourth-order valence-electron chi connectivity index (χ4n) is 3.33. The Morgan fingerprint density at radius 3 is 2.32 bits per heavy atom. The summed E-state index contributed by atoms with van der Waals surface area (Å²) in [4.78, 5) is 26.7. The van der Waals surface area contributed by atoms with E-state index in [0.29, 0.717) is 19.5 Å². The van der Waals surface area contributed by atoms with E-state index in [1.54, 1.807) is 4.90 Å². The number of benzene rings is 2. The van der Waals surface area contributed by atoms with Crippen LogP contribution in [0, 0.1) is 11.8 Å². The van der Waals surface area contributed by atoms with Gasteiger partial charge in [-0.15, -0.1) is 0 Å². The topological polar surface area (TPSA) is 46.6 Å². The minimum atomic E-state index is -0.304. The van der Waals surface area contributed by atoms with E-state index in [4.69, 9.17) is 4.74 Å². The summed E-state index contributed by atoms with van der Waals surface area (Å²) >= 11 is 0. The molecular weight excluding hydrogens is 314 g/mol. The van der Waals surface area contributed by atoms with Crippen molar-refractivity contribution in [2.75, 3.05) is 13.1 Å². The van der Waals surface area contributed by atoms with Crippen LogP contribution in [0.5, 0.6) is 0 Å². The number of likely N-dealkylation sites (tertiary alicyclic amines) is 1. The van der Waals surface area contributed by atoms with Gasteiger partial charge in [0, 0.05) is 24.6 Å². The van der Waals surface area contributed by atoms with Gasteiger partial charge in [0.2, 0.25) is 0 Å². The van der Waals surface area contributed by atoms with Crippen LogP contribution in [-0.2, 0) is 11.3 Å². The maximum Gasteiger partial charge on any atom is 0.410 e. The third kappa shape index (κ3) is 4.27. The van der Waals surface area contributed by atoms with E-state index in [-0.39, 0.29) is 30.3 Å². The highest BCUT2D eigenvalue weighted by atomic mass is 16.6. The molecular formula is C21H23NO3. The Bertz CT molecular complexity index is 714. The minimum Gasteiger partial charge on any atom is -0.445 e. The predicted octanol–water partition coefficient (Wildman–Crippen LogP) is 4.16. The first-order valence-electron chi connectivity index (χ1n) is 8.70. The zero-order chi connectivity index (χ0) is 17.6. The van der Waals surface area contributed by atoms with Crippen molar-refractivity contribution < 1.29 is 14.3 Å². The molecule has 4 heteroatoms. The van der Waals surface area contributed by atoms with Gasteiger partial charge in [-0.2, -0.15) is 0 Å². The van der Waals surface area contributed by atoms with Gasteiger partial charge in [-0.05, 0) is 17.9 Å². The molecule has 2 aromatic rings. The van der Waals surface area contributed by atoms with Crippen LogP contribution in [0.3, 0.4) is 0 Å². The Hall–Kier alpha value is -2.62. The number of piperidine rings is 1. The molecule has 0 bridgehead atoms. The Morgan fingerprint density at radius 1 is 1.04 bits per heavy atom. The maximum absolute atomic E-state index is 12.7. The van der Waals surface area contributed by atoms with Crippen molar-refractivity contribution in [3.8, 4) is 0 Å². The number of hydrogen-bond acceptors (Lipinski definition) is 3. The Morgan fingerprint density at radius 2 is 1.68 bits per heavy atom. The maximum atomic E-state index is 12.7.